The highest BCUT2D eigenvalue weighted by Crippen LogP contribution is 2.33. The molecule has 0 amide bonds. The lowest BCUT2D eigenvalue weighted by atomic mass is 9.91. The van der Waals surface area contributed by atoms with Gasteiger partial charge in [-0.3, -0.25) is 4.98 Å². The minimum atomic E-state index is -0.854. The van der Waals surface area contributed by atoms with Crippen LogP contribution in [0.15, 0.2) is 23.6 Å². The van der Waals surface area contributed by atoms with Gasteiger partial charge in [-0.1, -0.05) is 16.7 Å². The van der Waals surface area contributed by atoms with Crippen LogP contribution in [-0.2, 0) is 10.3 Å². The molecule has 1 atom stereocenters. The second-order valence-electron chi connectivity index (χ2n) is 4.71. The van der Waals surface area contributed by atoms with Gasteiger partial charge in [-0.15, -0.1) is 0 Å². The fourth-order valence-electron chi connectivity index (χ4n) is 2.21. The predicted molar refractivity (Wildman–Crippen MR) is 77.7 cm³/mol. The summed E-state index contributed by atoms with van der Waals surface area (Å²) in [6, 6.07) is 1.75. The van der Waals surface area contributed by atoms with E-state index in [2.05, 4.69) is 20.0 Å². The van der Waals surface area contributed by atoms with Gasteiger partial charge in [0.2, 0.25) is 0 Å². The van der Waals surface area contributed by atoms with Gasteiger partial charge in [0.15, 0.2) is 0 Å². The smallest absolute Gasteiger partial charge is 0.129 e. The molecule has 0 aliphatic carbocycles. The fraction of sp³-hybridized carbons (Fsp3) is 0.385. The number of rotatable bonds is 4. The van der Waals surface area contributed by atoms with Crippen LogP contribution >= 0.6 is 11.6 Å². The summed E-state index contributed by atoms with van der Waals surface area (Å²) in [4.78, 5) is 11.3. The Labute approximate surface area is 121 Å². The van der Waals surface area contributed by atoms with E-state index in [0.29, 0.717) is 5.15 Å². The molecule has 20 heavy (non-hydrogen) atoms. The van der Waals surface area contributed by atoms with Crippen molar-refractivity contribution < 1.29 is 4.74 Å². The molecule has 2 rings (SSSR count). The number of azide groups is 1. The molecule has 0 saturated carbocycles. The van der Waals surface area contributed by atoms with Crippen LogP contribution in [0.25, 0.3) is 21.2 Å². The van der Waals surface area contributed by atoms with Gasteiger partial charge in [0.25, 0.3) is 0 Å². The van der Waals surface area contributed by atoms with Gasteiger partial charge in [-0.05, 0) is 36.4 Å². The fourth-order valence-corrected chi connectivity index (χ4v) is 2.37. The molecule has 2 aromatic heterocycles. The van der Waals surface area contributed by atoms with Gasteiger partial charge in [-0.25, -0.2) is 4.98 Å². The monoisotopic (exact) mass is 291 g/mol. The van der Waals surface area contributed by atoms with Crippen molar-refractivity contribution in [2.75, 3.05) is 13.7 Å². The summed E-state index contributed by atoms with van der Waals surface area (Å²) in [6.45, 7) is 3.94. The first-order chi connectivity index (χ1) is 9.51. The Balaban J connectivity index is 2.79. The maximum atomic E-state index is 8.82. The van der Waals surface area contributed by atoms with E-state index < -0.39 is 5.54 Å². The van der Waals surface area contributed by atoms with Crippen molar-refractivity contribution >= 4 is 22.4 Å². The van der Waals surface area contributed by atoms with Crippen molar-refractivity contribution in [2.45, 2.75) is 19.4 Å². The molecule has 104 valence electrons. The Kier molecular flexibility index (Phi) is 4.09. The zero-order chi connectivity index (χ0) is 14.8. The van der Waals surface area contributed by atoms with Crippen LogP contribution in [0.1, 0.15) is 18.2 Å². The molecule has 6 nitrogen and oxygen atoms in total. The number of fused-ring (bicyclic) bond motifs is 1. The summed E-state index contributed by atoms with van der Waals surface area (Å²) in [5.41, 5.74) is 9.57. The average Bonchev–Trinajstić information content (AvgIpc) is 2.39. The highest BCUT2D eigenvalue weighted by atomic mass is 35.5. The van der Waals surface area contributed by atoms with E-state index in [1.54, 1.807) is 32.5 Å². The summed E-state index contributed by atoms with van der Waals surface area (Å²) in [5, 5.41) is 6.00. The first-order valence-electron chi connectivity index (χ1n) is 5.98. The third-order valence-corrected chi connectivity index (χ3v) is 3.42. The SMILES string of the molecule is COCC(C)(N=[N+]=[N-])c1cnc(C)c2cnc(Cl)cc12. The van der Waals surface area contributed by atoms with Crippen LogP contribution in [0.2, 0.25) is 5.15 Å². The molecule has 7 heteroatoms. The van der Waals surface area contributed by atoms with Gasteiger partial charge >= 0.3 is 0 Å². The molecular formula is C13H14ClN5O. The molecule has 0 saturated heterocycles. The Morgan fingerprint density at radius 1 is 1.40 bits per heavy atom. The lowest BCUT2D eigenvalue weighted by Gasteiger charge is -2.25. The third kappa shape index (κ3) is 2.54. The lowest BCUT2D eigenvalue weighted by molar-refractivity contribution is 0.141. The number of ether oxygens (including phenoxy) is 1. The minimum Gasteiger partial charge on any atom is -0.384 e. The summed E-state index contributed by atoms with van der Waals surface area (Å²) in [7, 11) is 1.56. The number of halogens is 1. The topological polar surface area (TPSA) is 83.8 Å². The number of hydrogen-bond acceptors (Lipinski definition) is 4. The van der Waals surface area contributed by atoms with Crippen molar-refractivity contribution in [3.63, 3.8) is 0 Å². The highest BCUT2D eigenvalue weighted by molar-refractivity contribution is 6.30. The zero-order valence-electron chi connectivity index (χ0n) is 11.5. The molecule has 2 heterocycles. The van der Waals surface area contributed by atoms with Crippen LogP contribution in [0.5, 0.6) is 0 Å². The first kappa shape index (κ1) is 14.5. The van der Waals surface area contributed by atoms with Crippen molar-refractivity contribution in [3.05, 3.63) is 45.3 Å². The van der Waals surface area contributed by atoms with E-state index in [9.17, 15) is 0 Å². The number of hydrogen-bond donors (Lipinski definition) is 0. The number of pyridine rings is 2. The van der Waals surface area contributed by atoms with Gasteiger partial charge in [0, 0.05) is 35.5 Å². The molecule has 0 N–H and O–H groups in total. The number of nitrogens with zero attached hydrogens (tertiary/aromatic N) is 5. The van der Waals surface area contributed by atoms with E-state index >= 15 is 0 Å². The van der Waals surface area contributed by atoms with E-state index in [1.807, 2.05) is 6.92 Å². The normalized spacial score (nSPS) is 13.8. The summed E-state index contributed by atoms with van der Waals surface area (Å²) >= 11 is 5.98. The Morgan fingerprint density at radius 3 is 2.80 bits per heavy atom. The molecule has 0 aliphatic heterocycles. The summed E-state index contributed by atoms with van der Waals surface area (Å²) in [6.07, 6.45) is 3.37. The molecular weight excluding hydrogens is 278 g/mol. The third-order valence-electron chi connectivity index (χ3n) is 3.21. The Morgan fingerprint density at radius 2 is 2.15 bits per heavy atom. The largest absolute Gasteiger partial charge is 0.384 e. The van der Waals surface area contributed by atoms with E-state index in [4.69, 9.17) is 21.9 Å². The van der Waals surface area contributed by atoms with Crippen molar-refractivity contribution in [2.24, 2.45) is 5.11 Å². The quantitative estimate of drug-likeness (QED) is 0.372. The van der Waals surface area contributed by atoms with E-state index in [0.717, 1.165) is 22.0 Å². The number of aryl methyl sites for hydroxylation is 1. The first-order valence-corrected chi connectivity index (χ1v) is 6.36. The molecule has 0 aliphatic rings. The molecule has 2 aromatic rings. The van der Waals surface area contributed by atoms with Gasteiger partial charge in [0.05, 0.1) is 12.1 Å². The van der Waals surface area contributed by atoms with Gasteiger partial charge < -0.3 is 4.74 Å². The zero-order valence-corrected chi connectivity index (χ0v) is 12.2. The molecule has 0 bridgehead atoms. The van der Waals surface area contributed by atoms with Crippen molar-refractivity contribution in [3.8, 4) is 0 Å². The minimum absolute atomic E-state index is 0.247. The van der Waals surface area contributed by atoms with Crippen LogP contribution in [0.4, 0.5) is 0 Å². The summed E-state index contributed by atoms with van der Waals surface area (Å²) in [5.74, 6) is 0. The number of methoxy groups -OCH3 is 1. The molecule has 0 aromatic carbocycles. The average molecular weight is 292 g/mol. The van der Waals surface area contributed by atoms with Crippen LogP contribution in [0, 0.1) is 6.92 Å². The molecule has 0 radical (unpaired) electrons. The second kappa shape index (κ2) is 5.63. The predicted octanol–water partition coefficient (Wildman–Crippen LogP) is 3.76. The Bertz CT molecular complexity index is 698. The standard InChI is InChI=1S/C13H14ClN5O/c1-8-10-5-17-12(14)4-9(10)11(6-16-8)13(2,7-20-3)18-19-15/h4-6H,7H2,1-3H3. The van der Waals surface area contributed by atoms with E-state index in [-0.39, 0.29) is 6.61 Å². The maximum Gasteiger partial charge on any atom is 0.129 e. The van der Waals surface area contributed by atoms with Crippen molar-refractivity contribution in [1.82, 2.24) is 9.97 Å². The van der Waals surface area contributed by atoms with Crippen LogP contribution in [0.3, 0.4) is 0 Å². The Hall–Kier alpha value is -1.88. The van der Waals surface area contributed by atoms with Gasteiger partial charge in [0.1, 0.15) is 5.15 Å². The van der Waals surface area contributed by atoms with E-state index in [1.165, 1.54) is 0 Å². The van der Waals surface area contributed by atoms with Crippen molar-refractivity contribution in [1.29, 1.82) is 0 Å². The second-order valence-corrected chi connectivity index (χ2v) is 5.09. The number of aromatic nitrogens is 2. The molecule has 0 spiro atoms. The lowest BCUT2D eigenvalue weighted by Crippen LogP contribution is -2.25. The molecule has 1 unspecified atom stereocenters. The highest BCUT2D eigenvalue weighted by Gasteiger charge is 2.28. The molecule has 0 fully saturated rings. The summed E-state index contributed by atoms with van der Waals surface area (Å²) < 4.78 is 5.18. The maximum absolute atomic E-state index is 8.82. The van der Waals surface area contributed by atoms with Gasteiger partial charge in [-0.2, -0.15) is 0 Å². The van der Waals surface area contributed by atoms with Crippen LogP contribution < -0.4 is 0 Å². The van der Waals surface area contributed by atoms with Crippen LogP contribution in [-0.4, -0.2) is 23.7 Å².